The van der Waals surface area contributed by atoms with Gasteiger partial charge in [-0.25, -0.2) is 0 Å². The van der Waals surface area contributed by atoms with Crippen LogP contribution in [0.5, 0.6) is 0 Å². The van der Waals surface area contributed by atoms with Gasteiger partial charge in [-0.2, -0.15) is 0 Å². The van der Waals surface area contributed by atoms with Crippen molar-refractivity contribution in [3.8, 4) is 0 Å². The minimum Gasteiger partial charge on any atom is -0.481 e. The van der Waals surface area contributed by atoms with Gasteiger partial charge < -0.3 is 14.7 Å². The lowest BCUT2D eigenvalue weighted by Crippen LogP contribution is -2.45. The Bertz CT molecular complexity index is 771. The summed E-state index contributed by atoms with van der Waals surface area (Å²) in [4.78, 5) is 26.8. The molecule has 4 rings (SSSR count). The first-order chi connectivity index (χ1) is 11.9. The van der Waals surface area contributed by atoms with Crippen LogP contribution < -0.4 is 0 Å². The van der Waals surface area contributed by atoms with E-state index in [1.807, 2.05) is 43.3 Å². The van der Waals surface area contributed by atoms with Crippen LogP contribution >= 0.6 is 0 Å². The third-order valence-corrected chi connectivity index (χ3v) is 5.55. The average molecular weight is 339 g/mol. The Hall–Kier alpha value is -2.40. The molecule has 5 nitrogen and oxygen atoms in total. The molecule has 1 aromatic rings. The summed E-state index contributed by atoms with van der Waals surface area (Å²) >= 11 is 0. The van der Waals surface area contributed by atoms with Crippen LogP contribution in [-0.4, -0.2) is 39.6 Å². The van der Waals surface area contributed by atoms with Crippen LogP contribution in [0.1, 0.15) is 18.9 Å². The number of fused-ring (bicyclic) bond motifs is 1. The van der Waals surface area contributed by atoms with E-state index in [9.17, 15) is 14.7 Å². The van der Waals surface area contributed by atoms with Gasteiger partial charge in [0, 0.05) is 6.54 Å². The van der Waals surface area contributed by atoms with E-state index in [0.717, 1.165) is 11.1 Å². The van der Waals surface area contributed by atoms with Crippen molar-refractivity contribution in [2.45, 2.75) is 37.6 Å². The van der Waals surface area contributed by atoms with Crippen LogP contribution in [-0.2, 0) is 20.9 Å². The monoisotopic (exact) mass is 339 g/mol. The van der Waals surface area contributed by atoms with Gasteiger partial charge in [0.1, 0.15) is 11.5 Å². The van der Waals surface area contributed by atoms with Crippen molar-refractivity contribution in [3.05, 3.63) is 60.2 Å². The highest BCUT2D eigenvalue weighted by Gasteiger charge is 2.70. The first kappa shape index (κ1) is 16.1. The fraction of sp³-hybridized carbons (Fsp3) is 0.400. The summed E-state index contributed by atoms with van der Waals surface area (Å²) in [6.07, 6.45) is 3.80. The summed E-state index contributed by atoms with van der Waals surface area (Å²) < 4.78 is 6.11. The number of benzene rings is 1. The third kappa shape index (κ3) is 2.26. The maximum Gasteiger partial charge on any atom is 0.310 e. The van der Waals surface area contributed by atoms with Crippen LogP contribution in [0.25, 0.3) is 0 Å². The van der Waals surface area contributed by atoms with Crippen molar-refractivity contribution < 1.29 is 19.4 Å². The Labute approximate surface area is 146 Å². The normalized spacial score (nSPS) is 35.2. The number of carboxylic acid groups (broad SMARTS) is 1. The molecule has 1 amide bonds. The zero-order chi connectivity index (χ0) is 17.8. The summed E-state index contributed by atoms with van der Waals surface area (Å²) in [5.74, 6) is -2.57. The molecule has 3 aliphatic heterocycles. The minimum atomic E-state index is -0.967. The number of amides is 1. The van der Waals surface area contributed by atoms with Gasteiger partial charge in [-0.3, -0.25) is 9.59 Å². The molecule has 1 unspecified atom stereocenters. The summed E-state index contributed by atoms with van der Waals surface area (Å²) in [7, 11) is 0. The molecular formula is C20H21NO4. The molecule has 0 aromatic heterocycles. The number of aliphatic carboxylic acids is 1. The lowest BCUT2D eigenvalue weighted by molar-refractivity contribution is -0.148. The van der Waals surface area contributed by atoms with Gasteiger partial charge in [0.15, 0.2) is 0 Å². The Balaban J connectivity index is 1.74. The maximum atomic E-state index is 13.2. The molecule has 130 valence electrons. The second-order valence-electron chi connectivity index (χ2n) is 7.27. The smallest absolute Gasteiger partial charge is 0.310 e. The molecule has 25 heavy (non-hydrogen) atoms. The Morgan fingerprint density at radius 3 is 2.72 bits per heavy atom. The van der Waals surface area contributed by atoms with Crippen molar-refractivity contribution >= 4 is 11.9 Å². The van der Waals surface area contributed by atoms with E-state index < -0.39 is 29.5 Å². The molecule has 3 aliphatic rings. The molecule has 3 heterocycles. The van der Waals surface area contributed by atoms with Crippen LogP contribution in [0, 0.1) is 11.8 Å². The van der Waals surface area contributed by atoms with E-state index >= 15 is 0 Å². The van der Waals surface area contributed by atoms with E-state index in [2.05, 4.69) is 6.58 Å². The van der Waals surface area contributed by atoms with Gasteiger partial charge in [0.05, 0.1) is 18.1 Å². The number of carbonyl (C=O) groups excluding carboxylic acids is 1. The average Bonchev–Trinajstić information content (AvgIpc) is 3.20. The predicted molar refractivity (Wildman–Crippen MR) is 91.6 cm³/mol. The SMILES string of the molecule is C=C(C)CC1N(Cc2ccccc2)C(=O)[C@@H]2[C@H](C(=O)O)[C@@H]3C=C[C@@]12O3. The highest BCUT2D eigenvalue weighted by Crippen LogP contribution is 2.56. The van der Waals surface area contributed by atoms with E-state index in [1.54, 1.807) is 11.0 Å². The number of nitrogens with zero attached hydrogens (tertiary/aromatic N) is 1. The van der Waals surface area contributed by atoms with Gasteiger partial charge >= 0.3 is 5.97 Å². The lowest BCUT2D eigenvalue weighted by atomic mass is 9.74. The second-order valence-corrected chi connectivity index (χ2v) is 7.27. The molecular weight excluding hydrogens is 318 g/mol. The van der Waals surface area contributed by atoms with Gasteiger partial charge in [-0.15, -0.1) is 6.58 Å². The van der Waals surface area contributed by atoms with Gasteiger partial charge in [0.25, 0.3) is 0 Å². The molecule has 2 bridgehead atoms. The van der Waals surface area contributed by atoms with Crippen LogP contribution in [0.15, 0.2) is 54.6 Å². The zero-order valence-electron chi connectivity index (χ0n) is 14.1. The molecule has 0 saturated carbocycles. The number of likely N-dealkylation sites (tertiary alicyclic amines) is 1. The van der Waals surface area contributed by atoms with E-state index in [-0.39, 0.29) is 11.9 Å². The summed E-state index contributed by atoms with van der Waals surface area (Å²) in [6, 6.07) is 9.52. The fourth-order valence-corrected chi connectivity index (χ4v) is 4.57. The highest BCUT2D eigenvalue weighted by molar-refractivity contribution is 5.91. The van der Waals surface area contributed by atoms with Crippen molar-refractivity contribution in [2.75, 3.05) is 0 Å². The number of carboxylic acids is 1. The topological polar surface area (TPSA) is 66.8 Å². The molecule has 1 N–H and O–H groups in total. The van der Waals surface area contributed by atoms with Gasteiger partial charge in [0.2, 0.25) is 5.91 Å². The number of ether oxygens (including phenoxy) is 1. The van der Waals surface area contributed by atoms with Crippen molar-refractivity contribution in [2.24, 2.45) is 11.8 Å². The second kappa shape index (κ2) is 5.56. The summed E-state index contributed by atoms with van der Waals surface area (Å²) in [5, 5.41) is 9.64. The lowest BCUT2D eigenvalue weighted by Gasteiger charge is -2.33. The number of carbonyl (C=O) groups is 2. The zero-order valence-corrected chi connectivity index (χ0v) is 14.1. The molecule has 1 aromatic carbocycles. The van der Waals surface area contributed by atoms with Crippen molar-refractivity contribution in [3.63, 3.8) is 0 Å². The van der Waals surface area contributed by atoms with Crippen LogP contribution in [0.2, 0.25) is 0 Å². The molecule has 5 atom stereocenters. The standard InChI is InChI=1S/C20H21NO4/c1-12(2)10-15-20-9-8-14(25-20)16(19(23)24)17(20)18(22)21(15)11-13-6-4-3-5-7-13/h3-9,14-17H,1,10-11H2,2H3,(H,23,24)/t14-,15?,16+,17-,20+/m0/s1. The molecule has 2 fully saturated rings. The number of hydrogen-bond donors (Lipinski definition) is 1. The quantitative estimate of drug-likeness (QED) is 0.837. The predicted octanol–water partition coefficient (Wildman–Crippen LogP) is 2.39. The fourth-order valence-electron chi connectivity index (χ4n) is 4.57. The Morgan fingerprint density at radius 1 is 1.36 bits per heavy atom. The molecule has 5 heteroatoms. The van der Waals surface area contributed by atoms with Gasteiger partial charge in [-0.05, 0) is 18.9 Å². The summed E-state index contributed by atoms with van der Waals surface area (Å²) in [5.41, 5.74) is 1.12. The third-order valence-electron chi connectivity index (χ3n) is 5.55. The van der Waals surface area contributed by atoms with E-state index in [4.69, 9.17) is 4.74 Å². The molecule has 0 radical (unpaired) electrons. The minimum absolute atomic E-state index is 0.130. The molecule has 2 saturated heterocycles. The van der Waals surface area contributed by atoms with Crippen molar-refractivity contribution in [1.29, 1.82) is 0 Å². The van der Waals surface area contributed by atoms with Crippen molar-refractivity contribution in [1.82, 2.24) is 4.90 Å². The first-order valence-corrected chi connectivity index (χ1v) is 8.53. The summed E-state index contributed by atoms with van der Waals surface area (Å²) in [6.45, 7) is 6.37. The Morgan fingerprint density at radius 2 is 2.08 bits per heavy atom. The molecule has 0 aliphatic carbocycles. The van der Waals surface area contributed by atoms with E-state index in [1.165, 1.54) is 0 Å². The van der Waals surface area contributed by atoms with Crippen LogP contribution in [0.4, 0.5) is 0 Å². The first-order valence-electron chi connectivity index (χ1n) is 8.53. The number of hydrogen-bond acceptors (Lipinski definition) is 3. The van der Waals surface area contributed by atoms with Gasteiger partial charge in [-0.1, -0.05) is 48.1 Å². The Kier molecular flexibility index (Phi) is 3.58. The maximum absolute atomic E-state index is 13.2. The number of rotatable bonds is 5. The largest absolute Gasteiger partial charge is 0.481 e. The van der Waals surface area contributed by atoms with Crippen LogP contribution in [0.3, 0.4) is 0 Å². The highest BCUT2D eigenvalue weighted by atomic mass is 16.5. The van der Waals surface area contributed by atoms with E-state index in [0.29, 0.717) is 13.0 Å². The molecule has 1 spiro atoms.